The van der Waals surface area contributed by atoms with Crippen LogP contribution in [-0.2, 0) is 36.8 Å². The van der Waals surface area contributed by atoms with Gasteiger partial charge in [-0.1, -0.05) is 5.21 Å². The summed E-state index contributed by atoms with van der Waals surface area (Å²) >= 11 is 0. The van der Waals surface area contributed by atoms with Crippen LogP contribution in [0.1, 0.15) is 5.69 Å². The molecule has 0 aliphatic heterocycles. The van der Waals surface area contributed by atoms with Gasteiger partial charge in [-0.3, -0.25) is 0 Å². The van der Waals surface area contributed by atoms with Crippen molar-refractivity contribution in [3.63, 3.8) is 0 Å². The molecule has 0 atom stereocenters. The third kappa shape index (κ3) is 11.4. The highest BCUT2D eigenvalue weighted by Crippen LogP contribution is 1.96. The van der Waals surface area contributed by atoms with E-state index in [1.54, 1.807) is 11.8 Å². The maximum absolute atomic E-state index is 5.49. The van der Waals surface area contributed by atoms with Crippen molar-refractivity contribution in [3.05, 3.63) is 11.9 Å². The Morgan fingerprint density at radius 1 is 0.917 bits per heavy atom. The fraction of sp³-hybridized carbons (Fsp3) is 0.867. The number of hydrogen-bond donors (Lipinski definition) is 1. The average Bonchev–Trinajstić information content (AvgIpc) is 3.04. The minimum Gasteiger partial charge on any atom is -0.382 e. The van der Waals surface area contributed by atoms with E-state index in [0.29, 0.717) is 66.0 Å². The number of rotatable bonds is 17. The second-order valence-corrected chi connectivity index (χ2v) is 4.96. The van der Waals surface area contributed by atoms with Crippen LogP contribution in [0.5, 0.6) is 0 Å². The monoisotopic (exact) mass is 346 g/mol. The van der Waals surface area contributed by atoms with Crippen molar-refractivity contribution in [2.75, 3.05) is 73.6 Å². The third-order valence-electron chi connectivity index (χ3n) is 2.97. The molecule has 140 valence electrons. The number of ether oxygens (including phenoxy) is 5. The van der Waals surface area contributed by atoms with E-state index in [-0.39, 0.29) is 0 Å². The largest absolute Gasteiger partial charge is 0.382 e. The van der Waals surface area contributed by atoms with E-state index in [4.69, 9.17) is 23.7 Å². The van der Waals surface area contributed by atoms with Gasteiger partial charge in [-0.2, -0.15) is 0 Å². The smallest absolute Gasteiger partial charge is 0.108 e. The minimum atomic E-state index is 0.475. The van der Waals surface area contributed by atoms with Crippen LogP contribution >= 0.6 is 0 Å². The minimum absolute atomic E-state index is 0.475. The van der Waals surface area contributed by atoms with Gasteiger partial charge in [0.2, 0.25) is 0 Å². The van der Waals surface area contributed by atoms with Gasteiger partial charge in [-0.15, -0.1) is 5.10 Å². The summed E-state index contributed by atoms with van der Waals surface area (Å²) < 4.78 is 28.2. The number of nitrogens with zero attached hydrogens (tertiary/aromatic N) is 3. The van der Waals surface area contributed by atoms with E-state index in [9.17, 15) is 0 Å². The summed E-state index contributed by atoms with van der Waals surface area (Å²) in [5, 5.41) is 11.1. The third-order valence-corrected chi connectivity index (χ3v) is 2.97. The van der Waals surface area contributed by atoms with E-state index < -0.39 is 0 Å². The molecule has 0 radical (unpaired) electrons. The Labute approximate surface area is 143 Å². The Kier molecular flexibility index (Phi) is 13.5. The lowest BCUT2D eigenvalue weighted by Gasteiger charge is -2.06. The van der Waals surface area contributed by atoms with Gasteiger partial charge < -0.3 is 29.0 Å². The molecule has 1 N–H and O–H groups in total. The zero-order chi connectivity index (χ0) is 17.3. The zero-order valence-electron chi connectivity index (χ0n) is 14.7. The Hall–Kier alpha value is -1.10. The number of nitrogens with one attached hydrogen (secondary N) is 1. The van der Waals surface area contributed by atoms with E-state index in [1.807, 2.05) is 13.2 Å². The van der Waals surface area contributed by atoms with Crippen molar-refractivity contribution in [2.24, 2.45) is 0 Å². The van der Waals surface area contributed by atoms with Crippen LogP contribution in [0.3, 0.4) is 0 Å². The first-order valence-electron chi connectivity index (χ1n) is 8.20. The Morgan fingerprint density at radius 2 is 1.58 bits per heavy atom. The van der Waals surface area contributed by atoms with Gasteiger partial charge >= 0.3 is 0 Å². The molecule has 24 heavy (non-hydrogen) atoms. The second kappa shape index (κ2) is 15.4. The van der Waals surface area contributed by atoms with Gasteiger partial charge in [-0.25, -0.2) is 4.68 Å². The molecular weight excluding hydrogens is 316 g/mol. The molecule has 0 aliphatic carbocycles. The van der Waals surface area contributed by atoms with Crippen LogP contribution in [0.25, 0.3) is 0 Å². The van der Waals surface area contributed by atoms with Crippen molar-refractivity contribution >= 4 is 0 Å². The summed E-state index contributed by atoms with van der Waals surface area (Å²) in [6.07, 6.45) is 1.87. The first-order chi connectivity index (χ1) is 11.9. The van der Waals surface area contributed by atoms with E-state index in [1.165, 1.54) is 0 Å². The molecule has 9 nitrogen and oxygen atoms in total. The topological polar surface area (TPSA) is 88.9 Å². The van der Waals surface area contributed by atoms with E-state index in [2.05, 4.69) is 15.6 Å². The van der Waals surface area contributed by atoms with Crippen LogP contribution in [0.2, 0.25) is 0 Å². The quantitative estimate of drug-likeness (QED) is 0.385. The van der Waals surface area contributed by atoms with Gasteiger partial charge in [0.05, 0.1) is 72.2 Å². The lowest BCUT2D eigenvalue weighted by atomic mass is 10.5. The highest BCUT2D eigenvalue weighted by Gasteiger charge is 2.01. The summed E-state index contributed by atoms with van der Waals surface area (Å²) in [6.45, 7) is 6.61. The SMILES string of the molecule is CNCCOCc1cn(CCOCCOCCOCCOC)nn1. The molecule has 1 aromatic rings. The molecule has 0 aromatic carbocycles. The maximum Gasteiger partial charge on any atom is 0.108 e. The molecule has 1 aromatic heterocycles. The van der Waals surface area contributed by atoms with Gasteiger partial charge in [-0.05, 0) is 7.05 Å². The zero-order valence-corrected chi connectivity index (χ0v) is 14.7. The van der Waals surface area contributed by atoms with Crippen molar-refractivity contribution in [2.45, 2.75) is 13.2 Å². The molecule has 0 amide bonds. The average molecular weight is 346 g/mol. The van der Waals surface area contributed by atoms with Crippen LogP contribution in [0, 0.1) is 0 Å². The Morgan fingerprint density at radius 3 is 2.25 bits per heavy atom. The van der Waals surface area contributed by atoms with Crippen molar-refractivity contribution in [1.82, 2.24) is 20.3 Å². The molecular formula is C15H30N4O5. The fourth-order valence-corrected chi connectivity index (χ4v) is 1.71. The molecule has 0 aliphatic rings. The standard InChI is InChI=1S/C15H30N4O5/c1-16-3-5-24-14-15-13-19(18-17-15)4-6-21-9-10-23-12-11-22-8-7-20-2/h13,16H,3-12,14H2,1-2H3. The molecule has 1 heterocycles. The number of likely N-dealkylation sites (N-methyl/N-ethyl adjacent to an activating group) is 1. The number of methoxy groups -OCH3 is 1. The van der Waals surface area contributed by atoms with Crippen LogP contribution < -0.4 is 5.32 Å². The number of hydrogen-bond acceptors (Lipinski definition) is 8. The van der Waals surface area contributed by atoms with Gasteiger partial charge in [0.1, 0.15) is 5.69 Å². The van der Waals surface area contributed by atoms with Crippen molar-refractivity contribution < 1.29 is 23.7 Å². The van der Waals surface area contributed by atoms with Crippen LogP contribution in [-0.4, -0.2) is 88.6 Å². The fourth-order valence-electron chi connectivity index (χ4n) is 1.71. The summed E-state index contributed by atoms with van der Waals surface area (Å²) in [7, 11) is 3.54. The normalized spacial score (nSPS) is 11.2. The van der Waals surface area contributed by atoms with Crippen molar-refractivity contribution in [1.29, 1.82) is 0 Å². The molecule has 9 heteroatoms. The second-order valence-electron chi connectivity index (χ2n) is 4.96. The molecule has 1 rings (SSSR count). The molecule has 0 saturated heterocycles. The van der Waals surface area contributed by atoms with Crippen LogP contribution in [0.4, 0.5) is 0 Å². The Bertz CT molecular complexity index is 392. The maximum atomic E-state index is 5.49. The first kappa shape index (κ1) is 20.9. The highest BCUT2D eigenvalue weighted by atomic mass is 16.6. The summed E-state index contributed by atoms with van der Waals surface area (Å²) in [4.78, 5) is 0. The van der Waals surface area contributed by atoms with Crippen LogP contribution in [0.15, 0.2) is 6.20 Å². The lowest BCUT2D eigenvalue weighted by Crippen LogP contribution is -2.14. The summed E-state index contributed by atoms with van der Waals surface area (Å²) in [5.74, 6) is 0. The molecule has 0 unspecified atom stereocenters. The highest BCUT2D eigenvalue weighted by molar-refractivity contribution is 4.89. The summed E-state index contributed by atoms with van der Waals surface area (Å²) in [6, 6.07) is 0. The first-order valence-corrected chi connectivity index (χ1v) is 8.20. The predicted molar refractivity (Wildman–Crippen MR) is 87.9 cm³/mol. The molecule has 0 fully saturated rings. The van der Waals surface area contributed by atoms with Crippen molar-refractivity contribution in [3.8, 4) is 0 Å². The lowest BCUT2D eigenvalue weighted by molar-refractivity contribution is 0.00244. The molecule has 0 spiro atoms. The van der Waals surface area contributed by atoms with Gasteiger partial charge in [0.15, 0.2) is 0 Å². The Balaban J connectivity index is 1.90. The van der Waals surface area contributed by atoms with E-state index >= 15 is 0 Å². The van der Waals surface area contributed by atoms with Gasteiger partial charge in [0, 0.05) is 13.7 Å². The number of aromatic nitrogens is 3. The predicted octanol–water partition coefficient (Wildman–Crippen LogP) is -0.290. The van der Waals surface area contributed by atoms with Gasteiger partial charge in [0.25, 0.3) is 0 Å². The van der Waals surface area contributed by atoms with E-state index in [0.717, 1.165) is 12.2 Å². The molecule has 0 saturated carbocycles. The molecule has 0 bridgehead atoms. The summed E-state index contributed by atoms with van der Waals surface area (Å²) in [5.41, 5.74) is 0.822.